The van der Waals surface area contributed by atoms with E-state index >= 15 is 0 Å². The minimum atomic E-state index is -0.203. The average Bonchev–Trinajstić information content (AvgIpc) is 2.86. The summed E-state index contributed by atoms with van der Waals surface area (Å²) in [7, 11) is 1.60. The first-order valence-corrected chi connectivity index (χ1v) is 7.79. The predicted octanol–water partition coefficient (Wildman–Crippen LogP) is 1.17. The van der Waals surface area contributed by atoms with Crippen LogP contribution in [0.4, 0.5) is 5.69 Å². The zero-order valence-corrected chi connectivity index (χ0v) is 13.3. The largest absolute Gasteiger partial charge is 0.492 e. The molecule has 1 fully saturated rings. The molecule has 2 heterocycles. The molecule has 0 aromatic heterocycles. The van der Waals surface area contributed by atoms with Crippen LogP contribution in [0.1, 0.15) is 25.3 Å². The van der Waals surface area contributed by atoms with Gasteiger partial charge in [0.2, 0.25) is 11.9 Å². The van der Waals surface area contributed by atoms with Gasteiger partial charge in [-0.15, -0.1) is 0 Å². The number of hydrogen-bond acceptors (Lipinski definition) is 6. The van der Waals surface area contributed by atoms with Crippen molar-refractivity contribution in [1.82, 2.24) is 10.2 Å². The van der Waals surface area contributed by atoms with Gasteiger partial charge in [0.15, 0.2) is 11.5 Å². The molecular weight excluding hydrogens is 298 g/mol. The number of methoxy groups -OCH3 is 1. The minimum Gasteiger partial charge on any atom is -0.492 e. The molecule has 1 aromatic carbocycles. The monoisotopic (exact) mass is 319 g/mol. The topological polar surface area (TPSA) is 83.4 Å². The van der Waals surface area contributed by atoms with Crippen molar-refractivity contribution in [2.24, 2.45) is 4.99 Å². The molecule has 2 aliphatic rings. The molecule has 0 bridgehead atoms. The van der Waals surface area contributed by atoms with Crippen LogP contribution in [0.25, 0.3) is 0 Å². The number of carbonyl (C=O) groups is 1. The molecule has 0 aliphatic carbocycles. The number of aliphatic imine (C=N–C) groups is 1. The van der Waals surface area contributed by atoms with Crippen LogP contribution in [0.15, 0.2) is 17.1 Å². The number of guanidine groups is 1. The summed E-state index contributed by atoms with van der Waals surface area (Å²) in [6.45, 7) is 3.03. The molecule has 23 heavy (non-hydrogen) atoms. The van der Waals surface area contributed by atoms with Gasteiger partial charge in [-0.05, 0) is 18.6 Å². The molecule has 2 aliphatic heterocycles. The molecule has 1 unspecified atom stereocenters. The molecule has 124 valence electrons. The van der Waals surface area contributed by atoms with Crippen LogP contribution in [0.2, 0.25) is 0 Å². The lowest BCUT2D eigenvalue weighted by molar-refractivity contribution is -0.121. The normalized spacial score (nSPS) is 18.9. The molecule has 1 amide bonds. The van der Waals surface area contributed by atoms with Crippen molar-refractivity contribution in [2.45, 2.75) is 32.4 Å². The van der Waals surface area contributed by atoms with Crippen molar-refractivity contribution < 1.29 is 19.4 Å². The number of hydrogen-bond donors (Lipinski definition) is 2. The Bertz CT molecular complexity index is 644. The van der Waals surface area contributed by atoms with Gasteiger partial charge >= 0.3 is 0 Å². The molecule has 1 aromatic rings. The van der Waals surface area contributed by atoms with Gasteiger partial charge < -0.3 is 19.5 Å². The quantitative estimate of drug-likeness (QED) is 0.769. The van der Waals surface area contributed by atoms with E-state index < -0.39 is 0 Å². The zero-order chi connectivity index (χ0) is 16.4. The van der Waals surface area contributed by atoms with Crippen LogP contribution in [-0.2, 0) is 11.3 Å². The number of carbonyl (C=O) groups excluding carboxylic acids is 1. The van der Waals surface area contributed by atoms with E-state index in [1.807, 2.05) is 24.0 Å². The first-order chi connectivity index (χ1) is 11.2. The van der Waals surface area contributed by atoms with Gasteiger partial charge in [0.05, 0.1) is 25.9 Å². The van der Waals surface area contributed by atoms with E-state index in [4.69, 9.17) is 14.6 Å². The smallest absolute Gasteiger partial charge is 0.249 e. The van der Waals surface area contributed by atoms with Crippen LogP contribution in [0.3, 0.4) is 0 Å². The standard InChI is InChI=1S/C16H21N3O4/c1-3-12-15(21)18-16-17-11-5-6-13(23-8-4-7-20)14(22-2)10(11)9-19(12)16/h5-6,12,20H,3-4,7-9H2,1-2H3,(H,17,18,21). The summed E-state index contributed by atoms with van der Waals surface area (Å²) >= 11 is 0. The third-order valence-corrected chi connectivity index (χ3v) is 4.09. The average molecular weight is 319 g/mol. The lowest BCUT2D eigenvalue weighted by Crippen LogP contribution is -2.36. The lowest BCUT2D eigenvalue weighted by atomic mass is 10.1. The Morgan fingerprint density at radius 3 is 3.00 bits per heavy atom. The van der Waals surface area contributed by atoms with Gasteiger partial charge in [0.1, 0.15) is 6.04 Å². The molecule has 2 N–H and O–H groups in total. The highest BCUT2D eigenvalue weighted by atomic mass is 16.5. The Morgan fingerprint density at radius 2 is 2.30 bits per heavy atom. The summed E-state index contributed by atoms with van der Waals surface area (Å²) in [5, 5.41) is 11.7. The number of nitrogens with zero attached hydrogens (tertiary/aromatic N) is 2. The number of amides is 1. The Hall–Kier alpha value is -2.28. The van der Waals surface area contributed by atoms with Crippen molar-refractivity contribution in [3.05, 3.63) is 17.7 Å². The maximum atomic E-state index is 12.0. The highest BCUT2D eigenvalue weighted by Gasteiger charge is 2.38. The van der Waals surface area contributed by atoms with E-state index in [-0.39, 0.29) is 18.6 Å². The van der Waals surface area contributed by atoms with Gasteiger partial charge in [-0.25, -0.2) is 4.99 Å². The Balaban J connectivity index is 1.93. The fourth-order valence-corrected chi connectivity index (χ4v) is 2.96. The third kappa shape index (κ3) is 2.72. The number of benzene rings is 1. The fraction of sp³-hybridized carbons (Fsp3) is 0.500. The van der Waals surface area contributed by atoms with E-state index in [2.05, 4.69) is 10.3 Å². The third-order valence-electron chi connectivity index (χ3n) is 4.09. The lowest BCUT2D eigenvalue weighted by Gasteiger charge is -2.28. The van der Waals surface area contributed by atoms with Gasteiger partial charge in [-0.2, -0.15) is 0 Å². The molecule has 7 nitrogen and oxygen atoms in total. The highest BCUT2D eigenvalue weighted by molar-refractivity contribution is 6.07. The van der Waals surface area contributed by atoms with E-state index in [9.17, 15) is 4.79 Å². The van der Waals surface area contributed by atoms with Crippen LogP contribution in [-0.4, -0.2) is 48.2 Å². The van der Waals surface area contributed by atoms with Crippen molar-refractivity contribution in [3.63, 3.8) is 0 Å². The number of nitrogens with one attached hydrogen (secondary N) is 1. The minimum absolute atomic E-state index is 0.0163. The number of aliphatic hydroxyl groups excluding tert-OH is 1. The van der Waals surface area contributed by atoms with Gasteiger partial charge in [-0.3, -0.25) is 10.1 Å². The zero-order valence-electron chi connectivity index (χ0n) is 13.3. The van der Waals surface area contributed by atoms with Crippen LogP contribution >= 0.6 is 0 Å². The van der Waals surface area contributed by atoms with E-state index in [0.29, 0.717) is 37.0 Å². The Morgan fingerprint density at radius 1 is 1.48 bits per heavy atom. The summed E-state index contributed by atoms with van der Waals surface area (Å²) in [6.07, 6.45) is 1.28. The van der Waals surface area contributed by atoms with Gasteiger partial charge in [-0.1, -0.05) is 6.92 Å². The van der Waals surface area contributed by atoms with Crippen molar-refractivity contribution in [3.8, 4) is 11.5 Å². The first kappa shape index (κ1) is 15.6. The maximum absolute atomic E-state index is 12.0. The molecule has 1 atom stereocenters. The number of rotatable bonds is 6. The van der Waals surface area contributed by atoms with Crippen molar-refractivity contribution in [1.29, 1.82) is 0 Å². The van der Waals surface area contributed by atoms with Gasteiger partial charge in [0.25, 0.3) is 0 Å². The summed E-state index contributed by atoms with van der Waals surface area (Å²) in [5.41, 5.74) is 1.69. The molecule has 1 saturated heterocycles. The summed E-state index contributed by atoms with van der Waals surface area (Å²) in [6, 6.07) is 3.47. The molecule has 3 rings (SSSR count). The Kier molecular flexibility index (Phi) is 4.38. The number of ether oxygens (including phenoxy) is 2. The summed E-state index contributed by atoms with van der Waals surface area (Å²) < 4.78 is 11.2. The maximum Gasteiger partial charge on any atom is 0.249 e. The SMILES string of the molecule is CCC1C(=O)NC2=Nc3ccc(OCCCO)c(OC)c3CN21. The first-order valence-electron chi connectivity index (χ1n) is 7.79. The number of aliphatic hydroxyl groups is 1. The highest BCUT2D eigenvalue weighted by Crippen LogP contribution is 2.41. The second-order valence-corrected chi connectivity index (χ2v) is 5.50. The van der Waals surface area contributed by atoms with E-state index in [1.165, 1.54) is 0 Å². The van der Waals surface area contributed by atoms with Crippen LogP contribution < -0.4 is 14.8 Å². The molecule has 0 spiro atoms. The molecule has 0 saturated carbocycles. The van der Waals surface area contributed by atoms with Crippen LogP contribution in [0, 0.1) is 0 Å². The van der Waals surface area contributed by atoms with E-state index in [0.717, 1.165) is 17.7 Å². The van der Waals surface area contributed by atoms with Crippen molar-refractivity contribution in [2.75, 3.05) is 20.3 Å². The summed E-state index contributed by atoms with van der Waals surface area (Å²) in [5.74, 6) is 1.85. The van der Waals surface area contributed by atoms with Gasteiger partial charge in [0, 0.05) is 18.6 Å². The fourth-order valence-electron chi connectivity index (χ4n) is 2.96. The summed E-state index contributed by atoms with van der Waals surface area (Å²) in [4.78, 5) is 18.5. The molecule has 7 heteroatoms. The molecule has 0 radical (unpaired) electrons. The second-order valence-electron chi connectivity index (χ2n) is 5.50. The molecular formula is C16H21N3O4. The van der Waals surface area contributed by atoms with Crippen molar-refractivity contribution >= 4 is 17.6 Å². The van der Waals surface area contributed by atoms with E-state index in [1.54, 1.807) is 7.11 Å². The number of fused-ring (bicyclic) bond motifs is 2. The second kappa shape index (κ2) is 6.45. The predicted molar refractivity (Wildman–Crippen MR) is 85.1 cm³/mol. The van der Waals surface area contributed by atoms with Crippen LogP contribution in [0.5, 0.6) is 11.5 Å². The Labute approximate surface area is 134 Å².